The lowest BCUT2D eigenvalue weighted by atomic mass is 9.93. The van der Waals surface area contributed by atoms with Crippen LogP contribution in [0.3, 0.4) is 0 Å². The van der Waals surface area contributed by atoms with Crippen LogP contribution in [0.2, 0.25) is 0 Å². The normalized spacial score (nSPS) is 18.6. The number of anilines is 1. The van der Waals surface area contributed by atoms with E-state index in [1.165, 1.54) is 16.2 Å². The van der Waals surface area contributed by atoms with E-state index in [9.17, 15) is 14.7 Å². The first-order valence-corrected chi connectivity index (χ1v) is 9.68. The van der Waals surface area contributed by atoms with Crippen molar-refractivity contribution in [3.8, 4) is 11.5 Å². The molecular formula is C18H17N3O4S. The highest BCUT2D eigenvalue weighted by Gasteiger charge is 2.34. The molecule has 5 rings (SSSR count). The fourth-order valence-corrected chi connectivity index (χ4v) is 4.84. The number of rotatable bonds is 5. The van der Waals surface area contributed by atoms with E-state index < -0.39 is 5.97 Å². The van der Waals surface area contributed by atoms with Crippen molar-refractivity contribution in [2.45, 2.75) is 50.9 Å². The fourth-order valence-electron chi connectivity index (χ4n) is 3.61. The zero-order valence-electron chi connectivity index (χ0n) is 14.0. The van der Waals surface area contributed by atoms with Crippen LogP contribution in [0, 0.1) is 0 Å². The Kier molecular flexibility index (Phi) is 3.49. The number of nitrogens with one attached hydrogen (secondary N) is 1. The Balaban J connectivity index is 1.48. The summed E-state index contributed by atoms with van der Waals surface area (Å²) >= 11 is 1.52. The monoisotopic (exact) mass is 371 g/mol. The van der Waals surface area contributed by atoms with E-state index in [1.807, 2.05) is 0 Å². The van der Waals surface area contributed by atoms with Crippen molar-refractivity contribution in [3.63, 3.8) is 0 Å². The molecule has 8 heteroatoms. The Morgan fingerprint density at radius 2 is 1.96 bits per heavy atom. The van der Waals surface area contributed by atoms with Crippen molar-refractivity contribution in [3.05, 3.63) is 27.4 Å². The van der Waals surface area contributed by atoms with E-state index in [2.05, 4.69) is 15.5 Å². The second-order valence-corrected chi connectivity index (χ2v) is 8.12. The summed E-state index contributed by atoms with van der Waals surface area (Å²) in [7, 11) is 0. The first-order valence-electron chi connectivity index (χ1n) is 8.87. The van der Waals surface area contributed by atoms with E-state index in [0.29, 0.717) is 41.6 Å². The summed E-state index contributed by atoms with van der Waals surface area (Å²) in [4.78, 5) is 29.8. The van der Waals surface area contributed by atoms with Gasteiger partial charge >= 0.3 is 5.97 Å². The molecule has 0 radical (unpaired) electrons. The number of carbonyl (C=O) groups excluding carboxylic acids is 1. The quantitative estimate of drug-likeness (QED) is 0.836. The van der Waals surface area contributed by atoms with Crippen LogP contribution >= 0.6 is 11.3 Å². The minimum atomic E-state index is -1.00. The number of hydrogen-bond acceptors (Lipinski definition) is 6. The summed E-state index contributed by atoms with van der Waals surface area (Å²) in [6.45, 7) is 0. The van der Waals surface area contributed by atoms with Crippen LogP contribution in [0.4, 0.5) is 5.00 Å². The maximum absolute atomic E-state index is 12.7. The van der Waals surface area contributed by atoms with Crippen LogP contribution in [0.25, 0.3) is 11.5 Å². The van der Waals surface area contributed by atoms with Crippen LogP contribution < -0.4 is 5.32 Å². The van der Waals surface area contributed by atoms with Gasteiger partial charge in [0, 0.05) is 21.9 Å². The van der Waals surface area contributed by atoms with Gasteiger partial charge < -0.3 is 14.9 Å². The summed E-state index contributed by atoms with van der Waals surface area (Å²) in [5.41, 5.74) is 2.59. The summed E-state index contributed by atoms with van der Waals surface area (Å²) in [5, 5.41) is 17.0. The van der Waals surface area contributed by atoms with Gasteiger partial charge in [0.2, 0.25) is 0 Å². The molecule has 7 nitrogen and oxygen atoms in total. The number of fused-ring (bicyclic) bond motifs is 1. The number of nitrogens with zero attached hydrogens (tertiary/aromatic N) is 2. The minimum absolute atomic E-state index is 0.227. The second kappa shape index (κ2) is 5.77. The molecule has 3 aliphatic rings. The SMILES string of the molecule is O=C(O)C1=C(C(=O)Nc2sc3c(c2-c2nc(C4CC4)no2)CC3)CCC1. The molecule has 134 valence electrons. The van der Waals surface area contributed by atoms with Crippen molar-refractivity contribution in [2.24, 2.45) is 0 Å². The molecule has 0 spiro atoms. The molecule has 2 aromatic rings. The van der Waals surface area contributed by atoms with Crippen molar-refractivity contribution in [1.82, 2.24) is 10.1 Å². The number of carboxylic acids is 1. The minimum Gasteiger partial charge on any atom is -0.478 e. The van der Waals surface area contributed by atoms with E-state index in [4.69, 9.17) is 4.52 Å². The molecule has 2 N–H and O–H groups in total. The summed E-state index contributed by atoms with van der Waals surface area (Å²) < 4.78 is 5.48. The molecule has 1 saturated carbocycles. The Labute approximate surface area is 153 Å². The third-order valence-corrected chi connectivity index (χ3v) is 6.48. The van der Waals surface area contributed by atoms with Crippen LogP contribution in [0.1, 0.15) is 54.3 Å². The lowest BCUT2D eigenvalue weighted by molar-refractivity contribution is -0.133. The number of amides is 1. The summed E-state index contributed by atoms with van der Waals surface area (Å²) in [6, 6.07) is 0. The number of hydrogen-bond donors (Lipinski definition) is 2. The highest BCUT2D eigenvalue weighted by Crippen LogP contribution is 2.47. The number of carbonyl (C=O) groups is 2. The van der Waals surface area contributed by atoms with E-state index in [1.54, 1.807) is 0 Å². The van der Waals surface area contributed by atoms with Crippen LogP contribution in [0.15, 0.2) is 15.7 Å². The average molecular weight is 371 g/mol. The number of aromatic nitrogens is 2. The zero-order chi connectivity index (χ0) is 17.8. The van der Waals surface area contributed by atoms with Gasteiger partial charge in [0.15, 0.2) is 5.82 Å². The van der Waals surface area contributed by atoms with Gasteiger partial charge in [-0.1, -0.05) is 5.16 Å². The fraction of sp³-hybridized carbons (Fsp3) is 0.444. The van der Waals surface area contributed by atoms with Crippen LogP contribution in [0.5, 0.6) is 0 Å². The predicted octanol–water partition coefficient (Wildman–Crippen LogP) is 3.28. The lowest BCUT2D eigenvalue weighted by Gasteiger charge is -2.12. The van der Waals surface area contributed by atoms with Crippen LogP contribution in [-0.2, 0) is 22.4 Å². The van der Waals surface area contributed by atoms with E-state index >= 15 is 0 Å². The molecule has 2 heterocycles. The average Bonchev–Trinajstić information content (AvgIpc) is 3.05. The first-order chi connectivity index (χ1) is 12.6. The number of aliphatic carboxylic acids is 1. The Morgan fingerprint density at radius 3 is 2.65 bits per heavy atom. The molecular weight excluding hydrogens is 354 g/mol. The summed E-state index contributed by atoms with van der Waals surface area (Å²) in [6.07, 6.45) is 5.75. The molecule has 1 fully saturated rings. The molecule has 0 bridgehead atoms. The van der Waals surface area contributed by atoms with Crippen molar-refractivity contribution < 1.29 is 19.2 Å². The van der Waals surface area contributed by atoms with Gasteiger partial charge in [0.25, 0.3) is 11.8 Å². The van der Waals surface area contributed by atoms with Gasteiger partial charge in [0.1, 0.15) is 5.00 Å². The van der Waals surface area contributed by atoms with E-state index in [-0.39, 0.29) is 11.5 Å². The van der Waals surface area contributed by atoms with Gasteiger partial charge in [-0.15, -0.1) is 11.3 Å². The molecule has 0 unspecified atom stereocenters. The van der Waals surface area contributed by atoms with E-state index in [0.717, 1.165) is 42.6 Å². The second-order valence-electron chi connectivity index (χ2n) is 7.01. The molecule has 0 aromatic carbocycles. The Bertz CT molecular complexity index is 967. The third-order valence-electron chi connectivity index (χ3n) is 5.27. The Hall–Kier alpha value is -2.48. The number of carboxylic acid groups (broad SMARTS) is 1. The highest BCUT2D eigenvalue weighted by atomic mass is 32.1. The molecule has 26 heavy (non-hydrogen) atoms. The molecule has 1 amide bonds. The van der Waals surface area contributed by atoms with Gasteiger partial charge in [-0.3, -0.25) is 4.79 Å². The van der Waals surface area contributed by atoms with Crippen molar-refractivity contribution >= 4 is 28.2 Å². The molecule has 0 saturated heterocycles. The maximum Gasteiger partial charge on any atom is 0.332 e. The van der Waals surface area contributed by atoms with Gasteiger partial charge in [0.05, 0.1) is 5.56 Å². The topological polar surface area (TPSA) is 105 Å². The smallest absolute Gasteiger partial charge is 0.332 e. The largest absolute Gasteiger partial charge is 0.478 e. The van der Waals surface area contributed by atoms with Gasteiger partial charge in [-0.2, -0.15) is 4.98 Å². The molecule has 0 atom stereocenters. The molecule has 3 aliphatic carbocycles. The molecule has 0 aliphatic heterocycles. The van der Waals surface area contributed by atoms with Gasteiger partial charge in [-0.25, -0.2) is 4.79 Å². The maximum atomic E-state index is 12.7. The third kappa shape index (κ3) is 2.47. The highest BCUT2D eigenvalue weighted by molar-refractivity contribution is 7.17. The van der Waals surface area contributed by atoms with Crippen molar-refractivity contribution in [1.29, 1.82) is 0 Å². The number of aryl methyl sites for hydroxylation is 1. The first kappa shape index (κ1) is 15.7. The zero-order valence-corrected chi connectivity index (χ0v) is 14.8. The molecule has 2 aromatic heterocycles. The van der Waals surface area contributed by atoms with Crippen molar-refractivity contribution in [2.75, 3.05) is 5.32 Å². The van der Waals surface area contributed by atoms with Crippen LogP contribution in [-0.4, -0.2) is 27.1 Å². The van der Waals surface area contributed by atoms with Gasteiger partial charge in [-0.05, 0) is 50.5 Å². The Morgan fingerprint density at radius 1 is 1.15 bits per heavy atom. The number of thiophene rings is 1. The summed E-state index contributed by atoms with van der Waals surface area (Å²) in [5.74, 6) is 0.262. The standard InChI is InChI=1S/C18H17N3O4S/c22-15(9-2-1-3-10(9)18(23)24)20-17-13(11-6-7-12(11)26-17)16-19-14(21-25-16)8-4-5-8/h8H,1-7H2,(H,20,22)(H,23,24). The predicted molar refractivity (Wildman–Crippen MR) is 94.1 cm³/mol. The lowest BCUT2D eigenvalue weighted by Crippen LogP contribution is -2.16.